The van der Waals surface area contributed by atoms with Crippen LogP contribution in [-0.2, 0) is 0 Å². The van der Waals surface area contributed by atoms with Gasteiger partial charge < -0.3 is 25.0 Å². The second-order valence-corrected chi connectivity index (χ2v) is 6.95. The molecule has 0 amide bonds. The first-order chi connectivity index (χ1) is 14.1. The van der Waals surface area contributed by atoms with E-state index in [2.05, 4.69) is 15.3 Å². The molecule has 0 atom stereocenters. The molecule has 2 aromatic carbocycles. The van der Waals surface area contributed by atoms with Crippen LogP contribution in [0, 0.1) is 0 Å². The fraction of sp³-hybridized carbons (Fsp3) is 0.333. The highest BCUT2D eigenvalue weighted by Crippen LogP contribution is 2.36. The number of unbranched alkanes of at least 4 members (excludes halogenated alkanes) is 3. The molecule has 0 bridgehead atoms. The maximum atomic E-state index is 10.1. The van der Waals surface area contributed by atoms with E-state index in [4.69, 9.17) is 26.2 Å². The third-order valence-corrected chi connectivity index (χ3v) is 4.68. The standard InChI is InChI=1S/C21H24ClN3O4/c1-28-20-12-16-15(11-18(20)27)21(24-13-23-16)25-17-10-14(22)6-7-19(17)29-9-5-3-2-4-8-26/h6-7,10-13,26-27H,2-5,8-9H2,1H3,(H,23,24,25). The molecule has 3 aromatic rings. The van der Waals surface area contributed by atoms with Gasteiger partial charge in [0.05, 0.1) is 24.9 Å². The van der Waals surface area contributed by atoms with Gasteiger partial charge in [-0.15, -0.1) is 0 Å². The Kier molecular flexibility index (Phi) is 7.32. The van der Waals surface area contributed by atoms with Gasteiger partial charge in [-0.05, 0) is 43.5 Å². The minimum absolute atomic E-state index is 0.00305. The number of hydrogen-bond donors (Lipinski definition) is 3. The third kappa shape index (κ3) is 5.40. The van der Waals surface area contributed by atoms with Gasteiger partial charge in [-0.3, -0.25) is 0 Å². The molecule has 1 heterocycles. The molecule has 29 heavy (non-hydrogen) atoms. The number of benzene rings is 2. The van der Waals surface area contributed by atoms with Crippen LogP contribution in [0.25, 0.3) is 10.9 Å². The van der Waals surface area contributed by atoms with Crippen molar-refractivity contribution in [1.82, 2.24) is 9.97 Å². The number of aromatic nitrogens is 2. The second kappa shape index (κ2) is 10.1. The Morgan fingerprint density at radius 2 is 1.86 bits per heavy atom. The molecule has 0 fully saturated rings. The summed E-state index contributed by atoms with van der Waals surface area (Å²) in [7, 11) is 1.49. The Balaban J connectivity index is 1.81. The maximum absolute atomic E-state index is 10.1. The zero-order valence-corrected chi connectivity index (χ0v) is 16.9. The lowest BCUT2D eigenvalue weighted by molar-refractivity contribution is 0.274. The van der Waals surface area contributed by atoms with E-state index < -0.39 is 0 Å². The topological polar surface area (TPSA) is 96.7 Å². The molecular weight excluding hydrogens is 394 g/mol. The van der Waals surface area contributed by atoms with E-state index in [1.54, 1.807) is 24.3 Å². The number of hydrogen-bond acceptors (Lipinski definition) is 7. The van der Waals surface area contributed by atoms with Crippen LogP contribution >= 0.6 is 11.6 Å². The van der Waals surface area contributed by atoms with Crippen LogP contribution in [0.1, 0.15) is 25.7 Å². The number of phenols is 1. The van der Waals surface area contributed by atoms with Crippen LogP contribution in [0.2, 0.25) is 5.02 Å². The van der Waals surface area contributed by atoms with E-state index in [1.165, 1.54) is 13.4 Å². The van der Waals surface area contributed by atoms with Crippen molar-refractivity contribution in [3.8, 4) is 17.2 Å². The van der Waals surface area contributed by atoms with Gasteiger partial charge in [0.1, 0.15) is 17.9 Å². The number of rotatable bonds is 10. The Hall–Kier alpha value is -2.77. The predicted molar refractivity (Wildman–Crippen MR) is 114 cm³/mol. The molecule has 1 aromatic heterocycles. The van der Waals surface area contributed by atoms with Crippen molar-refractivity contribution in [3.05, 3.63) is 41.7 Å². The van der Waals surface area contributed by atoms with E-state index in [1.807, 2.05) is 6.07 Å². The molecule has 0 aliphatic carbocycles. The number of nitrogens with one attached hydrogen (secondary N) is 1. The summed E-state index contributed by atoms with van der Waals surface area (Å²) in [6.07, 6.45) is 5.12. The fourth-order valence-corrected chi connectivity index (χ4v) is 3.11. The largest absolute Gasteiger partial charge is 0.504 e. The monoisotopic (exact) mass is 417 g/mol. The number of aromatic hydroxyl groups is 1. The number of anilines is 2. The molecular formula is C21H24ClN3O4. The summed E-state index contributed by atoms with van der Waals surface area (Å²) in [6, 6.07) is 8.55. The minimum Gasteiger partial charge on any atom is -0.504 e. The quantitative estimate of drug-likeness (QED) is 0.412. The van der Waals surface area contributed by atoms with Crippen molar-refractivity contribution in [2.24, 2.45) is 0 Å². The minimum atomic E-state index is 0.00305. The summed E-state index contributed by atoms with van der Waals surface area (Å²) in [4.78, 5) is 8.54. The molecule has 0 saturated heterocycles. The van der Waals surface area contributed by atoms with Crippen molar-refractivity contribution >= 4 is 34.0 Å². The zero-order chi connectivity index (χ0) is 20.6. The van der Waals surface area contributed by atoms with Crippen LogP contribution in [0.15, 0.2) is 36.7 Å². The summed E-state index contributed by atoms with van der Waals surface area (Å²) in [5, 5.41) is 23.4. The lowest BCUT2D eigenvalue weighted by Crippen LogP contribution is -2.02. The molecule has 7 nitrogen and oxygen atoms in total. The summed E-state index contributed by atoms with van der Waals surface area (Å²) >= 11 is 6.18. The predicted octanol–water partition coefficient (Wildman–Crippen LogP) is 4.67. The van der Waals surface area contributed by atoms with Crippen LogP contribution in [-0.4, -0.2) is 40.5 Å². The first kappa shape index (κ1) is 21.0. The Bertz CT molecular complexity index is 968. The molecule has 0 radical (unpaired) electrons. The second-order valence-electron chi connectivity index (χ2n) is 6.52. The lowest BCUT2D eigenvalue weighted by atomic mass is 10.2. The van der Waals surface area contributed by atoms with Crippen molar-refractivity contribution in [1.29, 1.82) is 0 Å². The fourth-order valence-electron chi connectivity index (χ4n) is 2.94. The highest BCUT2D eigenvalue weighted by Gasteiger charge is 2.12. The van der Waals surface area contributed by atoms with Gasteiger partial charge in [0.15, 0.2) is 11.5 Å². The normalized spacial score (nSPS) is 10.9. The number of ether oxygens (including phenoxy) is 2. The lowest BCUT2D eigenvalue weighted by Gasteiger charge is -2.15. The van der Waals surface area contributed by atoms with Crippen molar-refractivity contribution in [2.75, 3.05) is 25.6 Å². The van der Waals surface area contributed by atoms with Crippen LogP contribution in [0.3, 0.4) is 0 Å². The highest BCUT2D eigenvalue weighted by molar-refractivity contribution is 6.31. The van der Waals surface area contributed by atoms with Gasteiger partial charge in [0, 0.05) is 23.1 Å². The number of halogens is 1. The van der Waals surface area contributed by atoms with Gasteiger partial charge in [0.25, 0.3) is 0 Å². The third-order valence-electron chi connectivity index (χ3n) is 4.44. The average molecular weight is 418 g/mol. The Morgan fingerprint density at radius 3 is 2.66 bits per heavy atom. The molecule has 0 aliphatic heterocycles. The molecule has 3 N–H and O–H groups in total. The highest BCUT2D eigenvalue weighted by atomic mass is 35.5. The van der Waals surface area contributed by atoms with Crippen molar-refractivity contribution < 1.29 is 19.7 Å². The van der Waals surface area contributed by atoms with E-state index in [0.29, 0.717) is 45.5 Å². The van der Waals surface area contributed by atoms with E-state index in [-0.39, 0.29) is 12.4 Å². The van der Waals surface area contributed by atoms with Gasteiger partial charge >= 0.3 is 0 Å². The summed E-state index contributed by atoms with van der Waals surface area (Å²) in [5.41, 5.74) is 1.30. The smallest absolute Gasteiger partial charge is 0.162 e. The molecule has 0 spiro atoms. The van der Waals surface area contributed by atoms with Crippen molar-refractivity contribution in [3.63, 3.8) is 0 Å². The van der Waals surface area contributed by atoms with Gasteiger partial charge in [-0.2, -0.15) is 0 Å². The maximum Gasteiger partial charge on any atom is 0.162 e. The number of methoxy groups -OCH3 is 1. The first-order valence-corrected chi connectivity index (χ1v) is 9.82. The van der Waals surface area contributed by atoms with Crippen LogP contribution in [0.5, 0.6) is 17.2 Å². The molecule has 0 unspecified atom stereocenters. The molecule has 0 aliphatic rings. The summed E-state index contributed by atoms with van der Waals surface area (Å²) < 4.78 is 11.1. The van der Waals surface area contributed by atoms with Gasteiger partial charge in [-0.25, -0.2) is 9.97 Å². The number of fused-ring (bicyclic) bond motifs is 1. The molecule has 154 valence electrons. The van der Waals surface area contributed by atoms with E-state index in [0.717, 1.165) is 25.7 Å². The van der Waals surface area contributed by atoms with Crippen molar-refractivity contribution in [2.45, 2.75) is 25.7 Å². The van der Waals surface area contributed by atoms with Gasteiger partial charge in [-0.1, -0.05) is 18.0 Å². The number of nitrogens with zero attached hydrogens (tertiary/aromatic N) is 2. The number of phenolic OH excluding ortho intramolecular Hbond substituents is 1. The summed E-state index contributed by atoms with van der Waals surface area (Å²) in [6.45, 7) is 0.782. The van der Waals surface area contributed by atoms with E-state index >= 15 is 0 Å². The summed E-state index contributed by atoms with van der Waals surface area (Å²) in [5.74, 6) is 1.52. The number of aliphatic hydroxyl groups is 1. The zero-order valence-electron chi connectivity index (χ0n) is 16.2. The molecule has 8 heteroatoms. The molecule has 0 saturated carbocycles. The van der Waals surface area contributed by atoms with Gasteiger partial charge in [0.2, 0.25) is 0 Å². The molecule has 3 rings (SSSR count). The van der Waals surface area contributed by atoms with Crippen LogP contribution in [0.4, 0.5) is 11.5 Å². The van der Waals surface area contributed by atoms with Crippen LogP contribution < -0.4 is 14.8 Å². The first-order valence-electron chi connectivity index (χ1n) is 9.44. The Morgan fingerprint density at radius 1 is 1.03 bits per heavy atom. The SMILES string of the molecule is COc1cc2ncnc(Nc3cc(Cl)ccc3OCCCCCCO)c2cc1O. The van der Waals surface area contributed by atoms with E-state index in [9.17, 15) is 5.11 Å². The number of aliphatic hydroxyl groups excluding tert-OH is 1. The Labute approximate surface area is 174 Å². The average Bonchev–Trinajstić information content (AvgIpc) is 2.72.